The van der Waals surface area contributed by atoms with E-state index in [9.17, 15) is 42.3 Å². The molecule has 0 unspecified atom stereocenters. The molecule has 5 amide bonds. The largest absolute Gasteiger partial charge is 0.464 e. The molecular formula is C55H68F3N9O8. The summed E-state index contributed by atoms with van der Waals surface area (Å²) in [5.74, 6) is -2.58. The number of rotatable bonds is 13. The molecule has 2 saturated heterocycles. The Labute approximate surface area is 435 Å². The number of methoxy groups -OCH3 is 1. The van der Waals surface area contributed by atoms with E-state index in [2.05, 4.69) is 17.3 Å². The fourth-order valence-corrected chi connectivity index (χ4v) is 10.7. The van der Waals surface area contributed by atoms with E-state index in [1.54, 1.807) is 74.5 Å². The lowest BCUT2D eigenvalue weighted by molar-refractivity contribution is -0.155. The van der Waals surface area contributed by atoms with Gasteiger partial charge in [-0.15, -0.1) is 0 Å². The first-order chi connectivity index (χ1) is 35.7. The highest BCUT2D eigenvalue weighted by Gasteiger charge is 2.41. The number of aliphatic hydroxyl groups excluding tert-OH is 1. The van der Waals surface area contributed by atoms with Gasteiger partial charge in [-0.3, -0.25) is 34.2 Å². The number of allylic oxidation sites excluding steroid dienone is 1. The van der Waals surface area contributed by atoms with Crippen LogP contribution < -0.4 is 10.7 Å². The molecule has 17 nitrogen and oxygen atoms in total. The number of nitrogens with zero attached hydrogens (tertiary/aromatic N) is 7. The lowest BCUT2D eigenvalue weighted by Crippen LogP contribution is -2.62. The van der Waals surface area contributed by atoms with Gasteiger partial charge in [0, 0.05) is 86.1 Å². The number of likely N-dealkylation sites (tertiary alicyclic amines) is 1. The topological polar surface area (TPSA) is 192 Å². The lowest BCUT2D eigenvalue weighted by Gasteiger charge is -2.37. The number of esters is 1. The molecule has 0 radical (unpaired) electrons. The summed E-state index contributed by atoms with van der Waals surface area (Å²) in [7, 11) is 3.06. The molecule has 20 heteroatoms. The van der Waals surface area contributed by atoms with Gasteiger partial charge >= 0.3 is 18.2 Å². The summed E-state index contributed by atoms with van der Waals surface area (Å²) in [6.07, 6.45) is 2.57. The second-order valence-electron chi connectivity index (χ2n) is 21.1. The number of cyclic esters (lactones) is 1. The monoisotopic (exact) mass is 1040 g/mol. The first-order valence-corrected chi connectivity index (χ1v) is 25.7. The second kappa shape index (κ2) is 22.7. The van der Waals surface area contributed by atoms with Crippen molar-refractivity contribution >= 4 is 40.6 Å². The van der Waals surface area contributed by atoms with Crippen molar-refractivity contribution in [1.82, 2.24) is 45.0 Å². The minimum absolute atomic E-state index is 0.0720. The molecule has 3 aromatic heterocycles. The highest BCUT2D eigenvalue weighted by molar-refractivity contribution is 5.96. The molecule has 0 spiro atoms. The van der Waals surface area contributed by atoms with Gasteiger partial charge in [0.1, 0.15) is 30.8 Å². The van der Waals surface area contributed by atoms with Crippen LogP contribution >= 0.6 is 0 Å². The Hall–Kier alpha value is -6.64. The molecule has 3 N–H and O–H groups in total. The molecule has 8 rings (SSSR count). The zero-order valence-electron chi connectivity index (χ0n) is 43.5. The normalized spacial score (nSPS) is 20.8. The van der Waals surface area contributed by atoms with E-state index in [0.717, 1.165) is 12.8 Å². The Balaban J connectivity index is 1.18. The van der Waals surface area contributed by atoms with Crippen LogP contribution in [0.25, 0.3) is 33.4 Å². The number of aliphatic hydroxyl groups is 1. The minimum Gasteiger partial charge on any atom is -0.464 e. The number of alkyl halides is 3. The van der Waals surface area contributed by atoms with Crippen molar-refractivity contribution in [2.45, 2.75) is 116 Å². The molecule has 402 valence electrons. The van der Waals surface area contributed by atoms with Gasteiger partial charge in [-0.2, -0.15) is 13.2 Å². The van der Waals surface area contributed by atoms with Crippen LogP contribution in [-0.4, -0.2) is 153 Å². The van der Waals surface area contributed by atoms with Crippen molar-refractivity contribution < 1.29 is 51.7 Å². The fraction of sp³-hybridized carbons (Fsp3) is 0.509. The molecule has 1 aliphatic carbocycles. The summed E-state index contributed by atoms with van der Waals surface area (Å²) in [6.45, 7) is 9.97. The zero-order chi connectivity index (χ0) is 53.9. The Bertz CT molecular complexity index is 2840. The van der Waals surface area contributed by atoms with Crippen molar-refractivity contribution in [1.29, 1.82) is 0 Å². The first kappa shape index (κ1) is 54.6. The number of urea groups is 1. The van der Waals surface area contributed by atoms with Crippen LogP contribution in [0.5, 0.6) is 0 Å². The molecule has 3 aliphatic heterocycles. The number of benzene rings is 1. The van der Waals surface area contributed by atoms with Gasteiger partial charge in [0.05, 0.1) is 36.3 Å². The van der Waals surface area contributed by atoms with E-state index in [1.165, 1.54) is 38.1 Å². The van der Waals surface area contributed by atoms with E-state index in [-0.39, 0.29) is 57.6 Å². The van der Waals surface area contributed by atoms with E-state index in [4.69, 9.17) is 19.4 Å². The smallest absolute Gasteiger partial charge is 0.406 e. The van der Waals surface area contributed by atoms with Crippen molar-refractivity contribution in [2.75, 3.05) is 53.6 Å². The molecule has 6 heterocycles. The summed E-state index contributed by atoms with van der Waals surface area (Å²) >= 11 is 0. The maximum absolute atomic E-state index is 14.9. The molecule has 6 bridgehead atoms. The summed E-state index contributed by atoms with van der Waals surface area (Å²) in [5.41, 5.74) is 7.00. The van der Waals surface area contributed by atoms with Crippen LogP contribution in [0.1, 0.15) is 82.9 Å². The van der Waals surface area contributed by atoms with E-state index < -0.39 is 72.1 Å². The number of halogens is 3. The predicted octanol–water partition coefficient (Wildman–Crippen LogP) is 6.54. The minimum atomic E-state index is -4.62. The predicted molar refractivity (Wildman–Crippen MR) is 274 cm³/mol. The Morgan fingerprint density at radius 1 is 1.09 bits per heavy atom. The van der Waals surface area contributed by atoms with Gasteiger partial charge in [0.25, 0.3) is 5.91 Å². The van der Waals surface area contributed by atoms with E-state index >= 15 is 0 Å². The average Bonchev–Trinajstić information content (AvgIpc) is 4.03. The van der Waals surface area contributed by atoms with Crippen molar-refractivity contribution in [3.05, 3.63) is 96.0 Å². The van der Waals surface area contributed by atoms with Gasteiger partial charge in [-0.1, -0.05) is 58.1 Å². The SMILES string of the molecule is C=CC(=O)N(CCO)[C@H]1CCN(C(=O)N(C)[C@H](C(=O)N[C@H]2Cc3cccc(n3)-c3ccc4c(c3)c(c(-c3cccnc3[C@H](C=C3CC3)OC)n4CC(F)(F)F)CC(C)(C)COC(=O)[C@@H]3CCCN(N3)C2=O)C(C)C)C1. The molecule has 1 aromatic carbocycles. The number of hydrogen-bond acceptors (Lipinski definition) is 11. The maximum atomic E-state index is 14.9. The zero-order valence-corrected chi connectivity index (χ0v) is 43.5. The molecule has 4 aliphatic rings. The highest BCUT2D eigenvalue weighted by Crippen LogP contribution is 2.44. The van der Waals surface area contributed by atoms with E-state index in [1.807, 2.05) is 26.0 Å². The van der Waals surface area contributed by atoms with E-state index in [0.29, 0.717) is 76.2 Å². The Morgan fingerprint density at radius 2 is 1.87 bits per heavy atom. The number of pyridine rings is 2. The molecular weight excluding hydrogens is 972 g/mol. The first-order valence-electron chi connectivity index (χ1n) is 25.7. The van der Waals surface area contributed by atoms with Crippen molar-refractivity contribution in [2.24, 2.45) is 11.3 Å². The average molecular weight is 1040 g/mol. The van der Waals surface area contributed by atoms with Crippen LogP contribution in [0.3, 0.4) is 0 Å². The van der Waals surface area contributed by atoms with Gasteiger partial charge in [0.2, 0.25) is 11.8 Å². The highest BCUT2D eigenvalue weighted by atomic mass is 19.4. The molecule has 75 heavy (non-hydrogen) atoms. The molecule has 4 aromatic rings. The number of fused-ring (bicyclic) bond motifs is 6. The Kier molecular flexibility index (Phi) is 16.5. The Morgan fingerprint density at radius 3 is 2.56 bits per heavy atom. The third-order valence-corrected chi connectivity index (χ3v) is 14.5. The quantitative estimate of drug-likeness (QED) is 0.0749. The fourth-order valence-electron chi connectivity index (χ4n) is 10.7. The van der Waals surface area contributed by atoms with Crippen molar-refractivity contribution in [3.8, 4) is 22.5 Å². The van der Waals surface area contributed by atoms with Crippen LogP contribution in [-0.2, 0) is 48.0 Å². The van der Waals surface area contributed by atoms with Gasteiger partial charge in [-0.25, -0.2) is 10.2 Å². The summed E-state index contributed by atoms with van der Waals surface area (Å²) < 4.78 is 57.9. The third kappa shape index (κ3) is 12.4. The second-order valence-corrected chi connectivity index (χ2v) is 21.1. The van der Waals surface area contributed by atoms with Gasteiger partial charge < -0.3 is 39.2 Å². The number of hydrazine groups is 1. The van der Waals surface area contributed by atoms with Gasteiger partial charge in [0.15, 0.2) is 0 Å². The number of likely N-dealkylation sites (N-methyl/N-ethyl adjacent to an activating group) is 1. The van der Waals surface area contributed by atoms with Crippen molar-refractivity contribution in [3.63, 3.8) is 0 Å². The van der Waals surface area contributed by atoms with Crippen LogP contribution in [0.15, 0.2) is 79.0 Å². The number of aromatic nitrogens is 3. The van der Waals surface area contributed by atoms with Gasteiger partial charge in [-0.05, 0) is 92.5 Å². The third-order valence-electron chi connectivity index (χ3n) is 14.5. The molecule has 5 atom stereocenters. The van der Waals surface area contributed by atoms with Crippen LogP contribution in [0, 0.1) is 11.3 Å². The maximum Gasteiger partial charge on any atom is 0.406 e. The molecule has 3 fully saturated rings. The summed E-state index contributed by atoms with van der Waals surface area (Å²) in [5, 5.41) is 14.4. The summed E-state index contributed by atoms with van der Waals surface area (Å²) in [6, 6.07) is 9.81. The molecule has 1 saturated carbocycles. The number of carbonyl (C=O) groups is 5. The lowest BCUT2D eigenvalue weighted by atomic mass is 9.84. The standard InChI is InChI=1S/C55H68F3N9O8/c1-8-46(69)65(24-25-68)37-20-23-64(30-37)53(73)63(6)48(33(2)3)50(70)61-43-28-36-12-9-14-41(60-36)35-18-19-44-39(27-35)40(29-54(4,5)32-75-52(72)42-15-11-22-67(62-42)51(43)71)49(66(44)31-55(56,57)58)38-13-10-21-59-47(38)45(74-7)26-34-16-17-34/h8-10,12-14,18-19,21,26-27,33,37,42-43,45,48,62,68H,1,11,15-17,20,22-25,28-32H2,2-7H3,(H,61,70)/t37-,42-,43-,45-,48-/m0/s1. The number of carbonyl (C=O) groups excluding carboxylic acids is 5. The number of amides is 5. The number of ether oxygens (including phenoxy) is 2. The number of hydrogen-bond donors (Lipinski definition) is 3. The summed E-state index contributed by atoms with van der Waals surface area (Å²) in [4.78, 5) is 84.3. The number of nitrogens with one attached hydrogen (secondary N) is 2. The van der Waals surface area contributed by atoms with Crippen LogP contribution in [0.4, 0.5) is 18.0 Å². The van der Waals surface area contributed by atoms with Crippen LogP contribution in [0.2, 0.25) is 0 Å².